The fourth-order valence-electron chi connectivity index (χ4n) is 5.34. The molecule has 0 heterocycles. The van der Waals surface area contributed by atoms with Gasteiger partial charge < -0.3 is 19.8 Å². The number of nitrogens with one attached hydrogen (secondary N) is 1. The van der Waals surface area contributed by atoms with Gasteiger partial charge in [0.1, 0.15) is 13.2 Å². The SMILES string of the molecule is CCCCCCCCCCCCCCCCC(=O)NC(COP(=O)(O)OCC[N+](C)(C)C)C(O)CCCCCCCCCC. The van der Waals surface area contributed by atoms with Crippen molar-refractivity contribution in [2.24, 2.45) is 0 Å². The van der Waals surface area contributed by atoms with Crippen molar-refractivity contribution in [3.8, 4) is 0 Å². The zero-order chi connectivity index (χ0) is 32.9. The van der Waals surface area contributed by atoms with Crippen LogP contribution in [0.25, 0.3) is 0 Å². The number of phosphoric acid groups is 1. The molecule has 3 N–H and O–H groups in total. The standard InChI is InChI=1S/C35H73N2O6P/c1-6-8-10-12-14-16-17-18-19-20-21-23-25-27-29-35(39)36-33(32-43-44(40,41)42-31-30-37(3,4)5)34(38)28-26-24-22-15-13-11-9-7-2/h33-34,38H,6-32H2,1-5H3,(H-,36,39,40,41)/p+1. The minimum absolute atomic E-state index is 0.0776. The van der Waals surface area contributed by atoms with Crippen LogP contribution in [0.4, 0.5) is 0 Å². The molecule has 0 aromatic rings. The maximum atomic E-state index is 12.7. The van der Waals surface area contributed by atoms with Crippen LogP contribution in [0, 0.1) is 0 Å². The molecule has 8 nitrogen and oxygen atoms in total. The predicted molar refractivity (Wildman–Crippen MR) is 185 cm³/mol. The lowest BCUT2D eigenvalue weighted by molar-refractivity contribution is -0.870. The molecule has 3 unspecified atom stereocenters. The second-order valence-electron chi connectivity index (χ2n) is 14.0. The van der Waals surface area contributed by atoms with Crippen LogP contribution in [0.3, 0.4) is 0 Å². The molecule has 0 bridgehead atoms. The number of quaternary nitrogens is 1. The van der Waals surface area contributed by atoms with Gasteiger partial charge in [-0.1, -0.05) is 149 Å². The van der Waals surface area contributed by atoms with Gasteiger partial charge >= 0.3 is 7.82 Å². The van der Waals surface area contributed by atoms with E-state index < -0.39 is 20.0 Å². The van der Waals surface area contributed by atoms with Crippen LogP contribution in [0.15, 0.2) is 0 Å². The van der Waals surface area contributed by atoms with Crippen molar-refractivity contribution in [2.75, 3.05) is 40.9 Å². The number of nitrogens with zero attached hydrogens (tertiary/aromatic N) is 1. The van der Waals surface area contributed by atoms with E-state index in [-0.39, 0.29) is 19.1 Å². The van der Waals surface area contributed by atoms with E-state index in [0.717, 1.165) is 38.5 Å². The number of hydrogen-bond donors (Lipinski definition) is 3. The Morgan fingerprint density at radius 2 is 1.09 bits per heavy atom. The molecule has 0 spiro atoms. The first-order valence-corrected chi connectivity index (χ1v) is 19.9. The number of rotatable bonds is 33. The van der Waals surface area contributed by atoms with E-state index in [2.05, 4.69) is 19.2 Å². The quantitative estimate of drug-likeness (QED) is 0.0372. The number of aliphatic hydroxyl groups excluding tert-OH is 1. The summed E-state index contributed by atoms with van der Waals surface area (Å²) in [7, 11) is 1.62. The fourth-order valence-corrected chi connectivity index (χ4v) is 6.07. The number of hydrogen-bond acceptors (Lipinski definition) is 5. The van der Waals surface area contributed by atoms with E-state index in [1.165, 1.54) is 103 Å². The van der Waals surface area contributed by atoms with Crippen molar-refractivity contribution >= 4 is 13.7 Å². The first-order valence-electron chi connectivity index (χ1n) is 18.4. The molecular formula is C35H74N2O6P+. The van der Waals surface area contributed by atoms with Crippen LogP contribution >= 0.6 is 7.82 Å². The summed E-state index contributed by atoms with van der Waals surface area (Å²) in [5.74, 6) is -0.147. The molecule has 0 fully saturated rings. The summed E-state index contributed by atoms with van der Waals surface area (Å²) < 4.78 is 23.4. The van der Waals surface area contributed by atoms with Gasteiger partial charge in [0.2, 0.25) is 5.91 Å². The monoisotopic (exact) mass is 650 g/mol. The molecule has 9 heteroatoms. The number of carbonyl (C=O) groups excluding carboxylic acids is 1. The van der Waals surface area contributed by atoms with Crippen molar-refractivity contribution in [3.63, 3.8) is 0 Å². The highest BCUT2D eigenvalue weighted by Gasteiger charge is 2.28. The molecule has 0 aliphatic heterocycles. The zero-order valence-corrected chi connectivity index (χ0v) is 30.6. The van der Waals surface area contributed by atoms with Crippen LogP contribution in [-0.2, 0) is 18.4 Å². The molecule has 0 aromatic carbocycles. The number of phosphoric ester groups is 1. The van der Waals surface area contributed by atoms with Gasteiger partial charge in [0.25, 0.3) is 0 Å². The lowest BCUT2D eigenvalue weighted by atomic mass is 10.0. The third-order valence-electron chi connectivity index (χ3n) is 8.36. The number of aliphatic hydroxyl groups is 1. The molecule has 44 heavy (non-hydrogen) atoms. The molecule has 1 amide bonds. The normalized spacial score (nSPS) is 14.8. The van der Waals surface area contributed by atoms with Gasteiger partial charge in [-0.15, -0.1) is 0 Å². The maximum absolute atomic E-state index is 12.7. The van der Waals surface area contributed by atoms with Gasteiger partial charge in [-0.05, 0) is 12.8 Å². The Morgan fingerprint density at radius 1 is 0.682 bits per heavy atom. The van der Waals surface area contributed by atoms with Crippen molar-refractivity contribution in [1.82, 2.24) is 5.32 Å². The van der Waals surface area contributed by atoms with E-state index in [9.17, 15) is 19.4 Å². The smallest absolute Gasteiger partial charge is 0.391 e. The summed E-state index contributed by atoms with van der Waals surface area (Å²) in [5.41, 5.74) is 0. The van der Waals surface area contributed by atoms with Gasteiger partial charge in [0, 0.05) is 6.42 Å². The lowest BCUT2D eigenvalue weighted by Crippen LogP contribution is -2.46. The van der Waals surface area contributed by atoms with Crippen molar-refractivity contribution in [2.45, 2.75) is 180 Å². The average Bonchev–Trinajstić information content (AvgIpc) is 2.95. The fraction of sp³-hybridized carbons (Fsp3) is 0.971. The minimum atomic E-state index is -4.29. The van der Waals surface area contributed by atoms with Crippen LogP contribution in [-0.4, -0.2) is 73.4 Å². The van der Waals surface area contributed by atoms with Crippen molar-refractivity contribution < 1.29 is 32.9 Å². The third-order valence-corrected chi connectivity index (χ3v) is 9.34. The largest absolute Gasteiger partial charge is 0.472 e. The second-order valence-corrected chi connectivity index (χ2v) is 15.4. The van der Waals surface area contributed by atoms with E-state index >= 15 is 0 Å². The summed E-state index contributed by atoms with van der Waals surface area (Å²) in [6.45, 7) is 4.84. The van der Waals surface area contributed by atoms with E-state index in [0.29, 0.717) is 23.9 Å². The Labute approximate surface area is 272 Å². The van der Waals surface area contributed by atoms with Crippen LogP contribution in [0.2, 0.25) is 0 Å². The highest BCUT2D eigenvalue weighted by Crippen LogP contribution is 2.43. The van der Waals surface area contributed by atoms with Crippen molar-refractivity contribution in [3.05, 3.63) is 0 Å². The molecule has 0 aromatic heterocycles. The summed E-state index contributed by atoms with van der Waals surface area (Å²) in [4.78, 5) is 22.9. The first kappa shape index (κ1) is 43.5. The van der Waals surface area contributed by atoms with Gasteiger partial charge in [0.15, 0.2) is 0 Å². The predicted octanol–water partition coefficient (Wildman–Crippen LogP) is 9.07. The average molecular weight is 650 g/mol. The number of amides is 1. The molecule has 0 aliphatic carbocycles. The van der Waals surface area contributed by atoms with Gasteiger partial charge in [-0.3, -0.25) is 13.8 Å². The summed E-state index contributed by atoms with van der Waals surface area (Å²) in [6, 6.07) is -0.749. The Balaban J connectivity index is 4.40. The van der Waals surface area contributed by atoms with Crippen LogP contribution in [0.5, 0.6) is 0 Å². The maximum Gasteiger partial charge on any atom is 0.472 e. The highest BCUT2D eigenvalue weighted by molar-refractivity contribution is 7.47. The topological polar surface area (TPSA) is 105 Å². The molecule has 264 valence electrons. The van der Waals surface area contributed by atoms with Gasteiger partial charge in [-0.25, -0.2) is 4.57 Å². The first-order chi connectivity index (χ1) is 21.0. The lowest BCUT2D eigenvalue weighted by Gasteiger charge is -2.26. The molecule has 3 atom stereocenters. The minimum Gasteiger partial charge on any atom is -0.391 e. The second kappa shape index (κ2) is 28.7. The van der Waals surface area contributed by atoms with Crippen LogP contribution in [0.1, 0.15) is 168 Å². The Morgan fingerprint density at radius 3 is 1.52 bits per heavy atom. The molecular weight excluding hydrogens is 575 g/mol. The molecule has 0 saturated carbocycles. The summed E-state index contributed by atoms with van der Waals surface area (Å²) >= 11 is 0. The van der Waals surface area contributed by atoms with Crippen LogP contribution < -0.4 is 5.32 Å². The molecule has 0 aliphatic rings. The van der Waals surface area contributed by atoms with E-state index in [1.807, 2.05) is 21.1 Å². The zero-order valence-electron chi connectivity index (χ0n) is 29.7. The van der Waals surface area contributed by atoms with Gasteiger partial charge in [0.05, 0.1) is 39.9 Å². The summed E-state index contributed by atoms with van der Waals surface area (Å²) in [5, 5.41) is 13.8. The Bertz CT molecular complexity index is 703. The van der Waals surface area contributed by atoms with Crippen molar-refractivity contribution in [1.29, 1.82) is 0 Å². The van der Waals surface area contributed by atoms with Gasteiger partial charge in [-0.2, -0.15) is 0 Å². The Kier molecular flexibility index (Phi) is 28.4. The third kappa shape index (κ3) is 30.2. The number of likely N-dealkylation sites (N-methyl/N-ethyl adjacent to an activating group) is 1. The number of unbranched alkanes of at least 4 members (excludes halogenated alkanes) is 20. The molecule has 0 rings (SSSR count). The molecule has 0 radical (unpaired) electrons. The molecule has 0 saturated heterocycles. The Hall–Kier alpha value is -0.500. The summed E-state index contributed by atoms with van der Waals surface area (Å²) in [6.07, 6.45) is 27.0. The highest BCUT2D eigenvalue weighted by atomic mass is 31.2. The number of carbonyl (C=O) groups is 1. The van der Waals surface area contributed by atoms with E-state index in [1.54, 1.807) is 0 Å². The van der Waals surface area contributed by atoms with E-state index in [4.69, 9.17) is 9.05 Å².